The van der Waals surface area contributed by atoms with Crippen LogP contribution in [0.3, 0.4) is 0 Å². The molecule has 50 heavy (non-hydrogen) atoms. The van der Waals surface area contributed by atoms with Crippen LogP contribution < -0.4 is 16.0 Å². The number of rotatable bonds is 11. The number of nitrogens with one attached hydrogen (secondary N) is 3. The van der Waals surface area contributed by atoms with Crippen molar-refractivity contribution in [2.24, 2.45) is 0 Å². The van der Waals surface area contributed by atoms with E-state index < -0.39 is 22.0 Å². The normalized spacial score (nSPS) is 11.7. The summed E-state index contributed by atoms with van der Waals surface area (Å²) in [7, 11) is 0. The Hall–Kier alpha value is -6.52. The van der Waals surface area contributed by atoms with E-state index >= 15 is 0 Å². The highest BCUT2D eigenvalue weighted by Gasteiger charge is 2.24. The summed E-state index contributed by atoms with van der Waals surface area (Å²) in [5.74, 6) is -1.47. The molecule has 0 aliphatic heterocycles. The Labute approximate surface area is 292 Å². The Morgan fingerprint density at radius 2 is 1.36 bits per heavy atom. The van der Waals surface area contributed by atoms with E-state index in [0.29, 0.717) is 21.8 Å². The Morgan fingerprint density at radius 3 is 2.14 bits per heavy atom. The van der Waals surface area contributed by atoms with Crippen LogP contribution >= 0.6 is 11.8 Å². The van der Waals surface area contributed by atoms with Crippen molar-refractivity contribution in [1.82, 2.24) is 5.32 Å². The summed E-state index contributed by atoms with van der Waals surface area (Å²) in [6.07, 6.45) is 1.27. The first-order valence-electron chi connectivity index (χ1n) is 15.6. The molecule has 6 rings (SSSR count). The molecule has 9 nitrogen and oxygen atoms in total. The molecule has 0 aromatic heterocycles. The van der Waals surface area contributed by atoms with E-state index in [-0.39, 0.29) is 22.9 Å². The average Bonchev–Trinajstić information content (AvgIpc) is 3.14. The molecule has 0 aliphatic carbocycles. The molecule has 0 bridgehead atoms. The van der Waals surface area contributed by atoms with Gasteiger partial charge in [0, 0.05) is 33.3 Å². The molecule has 0 fully saturated rings. The van der Waals surface area contributed by atoms with Crippen LogP contribution in [-0.4, -0.2) is 22.6 Å². The summed E-state index contributed by atoms with van der Waals surface area (Å²) in [4.78, 5) is 52.5. The van der Waals surface area contributed by atoms with Gasteiger partial charge in [0.1, 0.15) is 10.9 Å². The largest absolute Gasteiger partial charge is 0.324 e. The number of benzene rings is 6. The number of amides is 3. The van der Waals surface area contributed by atoms with Gasteiger partial charge in [0.05, 0.1) is 10.5 Å². The molecule has 6 aromatic carbocycles. The van der Waals surface area contributed by atoms with Crippen LogP contribution in [0.4, 0.5) is 17.1 Å². The zero-order chi connectivity index (χ0) is 34.9. The number of thioether (sulfide) groups is 1. The second-order valence-electron chi connectivity index (χ2n) is 11.1. The number of hydrogen-bond acceptors (Lipinski definition) is 6. The van der Waals surface area contributed by atoms with E-state index in [1.54, 1.807) is 54.6 Å². The molecule has 0 spiro atoms. The number of anilines is 2. The van der Waals surface area contributed by atoms with E-state index in [1.807, 2.05) is 78.9 Å². The standard InChI is InChI=1S/C40H30N4O5S/c45-38(29-16-5-2-6-17-29)43-35(25-30-18-8-10-24-36(30)44(48)49)39(46)41-31-20-12-21-32(26-31)50-37(28-14-3-1-4-15-28)40(47)42-34-23-11-19-27-13-7-9-22-33(27)34/h1-26,37H,(H,41,46)(H,42,47)(H,43,45)/b35-25+. The molecule has 3 amide bonds. The summed E-state index contributed by atoms with van der Waals surface area (Å²) >= 11 is 1.32. The molecule has 0 aliphatic rings. The molecule has 0 heterocycles. The van der Waals surface area contributed by atoms with Crippen molar-refractivity contribution < 1.29 is 19.3 Å². The molecule has 0 radical (unpaired) electrons. The number of nitrogens with zero attached hydrogens (tertiary/aromatic N) is 1. The summed E-state index contributed by atoms with van der Waals surface area (Å²) in [5.41, 5.74) is 1.92. The van der Waals surface area contributed by atoms with Gasteiger partial charge in [-0.1, -0.05) is 103 Å². The van der Waals surface area contributed by atoms with Gasteiger partial charge in [-0.2, -0.15) is 0 Å². The van der Waals surface area contributed by atoms with Crippen molar-refractivity contribution in [3.63, 3.8) is 0 Å². The molecule has 6 aromatic rings. The molecule has 10 heteroatoms. The van der Waals surface area contributed by atoms with Gasteiger partial charge in [-0.05, 0) is 59.5 Å². The third kappa shape index (κ3) is 8.12. The van der Waals surface area contributed by atoms with Crippen molar-refractivity contribution in [1.29, 1.82) is 0 Å². The van der Waals surface area contributed by atoms with Gasteiger partial charge in [-0.15, -0.1) is 11.8 Å². The van der Waals surface area contributed by atoms with Gasteiger partial charge < -0.3 is 16.0 Å². The van der Waals surface area contributed by atoms with Gasteiger partial charge in [0.15, 0.2) is 0 Å². The van der Waals surface area contributed by atoms with E-state index in [2.05, 4.69) is 16.0 Å². The van der Waals surface area contributed by atoms with Crippen LogP contribution in [0.2, 0.25) is 0 Å². The Morgan fingerprint density at radius 1 is 0.700 bits per heavy atom. The highest BCUT2D eigenvalue weighted by atomic mass is 32.2. The van der Waals surface area contributed by atoms with Crippen LogP contribution in [0.15, 0.2) is 162 Å². The van der Waals surface area contributed by atoms with Crippen LogP contribution in [0, 0.1) is 10.1 Å². The molecule has 1 unspecified atom stereocenters. The maximum atomic E-state index is 13.9. The number of fused-ring (bicyclic) bond motifs is 1. The molecule has 1 atom stereocenters. The summed E-state index contributed by atoms with van der Waals surface area (Å²) < 4.78 is 0. The molecular formula is C40H30N4O5S. The highest BCUT2D eigenvalue weighted by molar-refractivity contribution is 8.00. The second kappa shape index (κ2) is 15.6. The molecule has 3 N–H and O–H groups in total. The topological polar surface area (TPSA) is 130 Å². The third-order valence-electron chi connectivity index (χ3n) is 7.70. The first-order valence-corrected chi connectivity index (χ1v) is 16.5. The van der Waals surface area contributed by atoms with Gasteiger partial charge >= 0.3 is 0 Å². The third-order valence-corrected chi connectivity index (χ3v) is 8.94. The van der Waals surface area contributed by atoms with E-state index in [4.69, 9.17) is 0 Å². The van der Waals surface area contributed by atoms with E-state index in [9.17, 15) is 24.5 Å². The van der Waals surface area contributed by atoms with Crippen molar-refractivity contribution in [2.75, 3.05) is 10.6 Å². The summed E-state index contributed by atoms with van der Waals surface area (Å²) in [6, 6.07) is 44.2. The fourth-order valence-corrected chi connectivity index (χ4v) is 6.37. The van der Waals surface area contributed by atoms with Crippen LogP contribution in [-0.2, 0) is 9.59 Å². The van der Waals surface area contributed by atoms with Crippen molar-refractivity contribution >= 4 is 63.4 Å². The zero-order valence-electron chi connectivity index (χ0n) is 26.5. The Kier molecular flexibility index (Phi) is 10.4. The smallest absolute Gasteiger partial charge is 0.276 e. The maximum absolute atomic E-state index is 13.9. The van der Waals surface area contributed by atoms with Crippen LogP contribution in [0.1, 0.15) is 26.7 Å². The lowest BCUT2D eigenvalue weighted by Crippen LogP contribution is -2.30. The summed E-state index contributed by atoms with van der Waals surface area (Å²) in [6.45, 7) is 0. The van der Waals surface area contributed by atoms with Crippen molar-refractivity contribution in [3.05, 3.63) is 184 Å². The number of nitro benzene ring substituents is 1. The van der Waals surface area contributed by atoms with Gasteiger partial charge in [0.25, 0.3) is 17.5 Å². The SMILES string of the molecule is O=C(Nc1cccc(SC(C(=O)Nc2cccc3ccccc23)c2ccccc2)c1)/C(=C\c1ccccc1[N+](=O)[O-])NC(=O)c1ccccc1. The predicted molar refractivity (Wildman–Crippen MR) is 198 cm³/mol. The minimum absolute atomic E-state index is 0.142. The number of hydrogen-bond donors (Lipinski definition) is 3. The number of carbonyl (C=O) groups is 3. The minimum atomic E-state index is -0.692. The van der Waals surface area contributed by atoms with Crippen molar-refractivity contribution in [2.45, 2.75) is 10.1 Å². The van der Waals surface area contributed by atoms with E-state index in [0.717, 1.165) is 16.3 Å². The Balaban J connectivity index is 1.26. The lowest BCUT2D eigenvalue weighted by Gasteiger charge is -2.18. The van der Waals surface area contributed by atoms with Crippen LogP contribution in [0.5, 0.6) is 0 Å². The predicted octanol–water partition coefficient (Wildman–Crippen LogP) is 8.63. The summed E-state index contributed by atoms with van der Waals surface area (Å²) in [5, 5.41) is 21.5. The highest BCUT2D eigenvalue weighted by Crippen LogP contribution is 2.38. The number of carbonyl (C=O) groups excluding carboxylic acids is 3. The molecule has 0 saturated carbocycles. The Bertz CT molecular complexity index is 2220. The molecular weight excluding hydrogens is 649 g/mol. The maximum Gasteiger partial charge on any atom is 0.276 e. The minimum Gasteiger partial charge on any atom is -0.324 e. The van der Waals surface area contributed by atoms with Gasteiger partial charge in [-0.3, -0.25) is 24.5 Å². The number of para-hydroxylation sites is 1. The first-order chi connectivity index (χ1) is 24.4. The fourth-order valence-electron chi connectivity index (χ4n) is 5.29. The van der Waals surface area contributed by atoms with E-state index in [1.165, 1.54) is 36.0 Å². The number of nitro groups is 1. The van der Waals surface area contributed by atoms with Crippen molar-refractivity contribution in [3.8, 4) is 0 Å². The quantitative estimate of drug-likeness (QED) is 0.0544. The monoisotopic (exact) mass is 678 g/mol. The average molecular weight is 679 g/mol. The lowest BCUT2D eigenvalue weighted by atomic mass is 10.1. The van der Waals surface area contributed by atoms with Gasteiger partial charge in [0.2, 0.25) is 5.91 Å². The molecule has 246 valence electrons. The van der Waals surface area contributed by atoms with Crippen LogP contribution in [0.25, 0.3) is 16.8 Å². The lowest BCUT2D eigenvalue weighted by molar-refractivity contribution is -0.385. The fraction of sp³-hybridized carbons (Fsp3) is 0.0250. The first kappa shape index (κ1) is 33.4. The van der Waals surface area contributed by atoms with Gasteiger partial charge in [-0.25, -0.2) is 0 Å². The second-order valence-corrected chi connectivity index (χ2v) is 12.3. The molecule has 0 saturated heterocycles. The zero-order valence-corrected chi connectivity index (χ0v) is 27.3.